The number of benzene rings is 6. The molecule has 60 heavy (non-hydrogen) atoms. The third kappa shape index (κ3) is 6.75. The molecule has 0 saturated heterocycles. The number of hydrogen-bond acceptors (Lipinski definition) is 2. The van der Waals surface area contributed by atoms with E-state index in [1.54, 1.807) is 12.1 Å². The SMILES string of the molecule is CCC(C)(C)c1ccc2c3ccc(N(c4ccc(C)cc4)C(C)C(C)(CC)c4ccc5c6ccc(N(c7ccc(F)cc7)C(C)(C)CC)cc6n(C)c5c4)cc3n(C)c2c1. The molecule has 2 heterocycles. The number of nitrogens with zero attached hydrogens (tertiary/aromatic N) is 4. The van der Waals surface area contributed by atoms with E-state index in [-0.39, 0.29) is 28.2 Å². The highest BCUT2D eigenvalue weighted by Gasteiger charge is 2.37. The van der Waals surface area contributed by atoms with Crippen molar-refractivity contribution in [3.8, 4) is 0 Å². The molecule has 0 spiro atoms. The Morgan fingerprint density at radius 1 is 0.517 bits per heavy atom. The molecule has 5 heteroatoms. The van der Waals surface area contributed by atoms with Gasteiger partial charge in [0.25, 0.3) is 0 Å². The van der Waals surface area contributed by atoms with Crippen molar-refractivity contribution in [1.82, 2.24) is 9.13 Å². The van der Waals surface area contributed by atoms with E-state index < -0.39 is 0 Å². The van der Waals surface area contributed by atoms with Gasteiger partial charge in [0.1, 0.15) is 5.82 Å². The fourth-order valence-corrected chi connectivity index (χ4v) is 9.58. The van der Waals surface area contributed by atoms with E-state index in [1.807, 2.05) is 12.1 Å². The Bertz CT molecular complexity index is 2860. The second-order valence-corrected chi connectivity index (χ2v) is 18.9. The summed E-state index contributed by atoms with van der Waals surface area (Å²) in [5.41, 5.74) is 13.1. The summed E-state index contributed by atoms with van der Waals surface area (Å²) in [7, 11) is 4.42. The van der Waals surface area contributed by atoms with Gasteiger partial charge in [0.05, 0.1) is 11.0 Å². The van der Waals surface area contributed by atoms with Gasteiger partial charge < -0.3 is 18.9 Å². The number of aryl methyl sites for hydroxylation is 3. The Hall–Kier alpha value is -5.55. The van der Waals surface area contributed by atoms with Crippen molar-refractivity contribution in [3.63, 3.8) is 0 Å². The number of anilines is 4. The van der Waals surface area contributed by atoms with Crippen LogP contribution in [0.25, 0.3) is 43.6 Å². The first-order valence-corrected chi connectivity index (χ1v) is 22.0. The number of aromatic nitrogens is 2. The molecule has 0 saturated carbocycles. The van der Waals surface area contributed by atoms with E-state index >= 15 is 0 Å². The molecule has 2 unspecified atom stereocenters. The molecule has 4 nitrogen and oxygen atoms in total. The van der Waals surface area contributed by atoms with Crippen molar-refractivity contribution < 1.29 is 4.39 Å². The Balaban J connectivity index is 1.23. The molecule has 310 valence electrons. The highest BCUT2D eigenvalue weighted by Crippen LogP contribution is 2.45. The summed E-state index contributed by atoms with van der Waals surface area (Å²) in [4.78, 5) is 4.92. The molecule has 8 rings (SSSR count). The van der Waals surface area contributed by atoms with Crippen LogP contribution in [-0.4, -0.2) is 20.7 Å². The first kappa shape index (κ1) is 41.2. The van der Waals surface area contributed by atoms with Crippen LogP contribution in [0.4, 0.5) is 27.1 Å². The molecule has 0 aliphatic rings. The van der Waals surface area contributed by atoms with Gasteiger partial charge in [-0.2, -0.15) is 0 Å². The van der Waals surface area contributed by atoms with E-state index in [0.717, 1.165) is 30.6 Å². The minimum Gasteiger partial charge on any atom is -0.344 e. The molecule has 2 aromatic heterocycles. The molecular formula is C55H63FN4. The fraction of sp³-hybridized carbons (Fsp3) is 0.345. The van der Waals surface area contributed by atoms with Crippen LogP contribution in [0.15, 0.2) is 121 Å². The average molecular weight is 799 g/mol. The molecule has 2 atom stereocenters. The Morgan fingerprint density at radius 2 is 0.967 bits per heavy atom. The van der Waals surface area contributed by atoms with Gasteiger partial charge in [0.15, 0.2) is 0 Å². The lowest BCUT2D eigenvalue weighted by Gasteiger charge is -2.44. The lowest BCUT2D eigenvalue weighted by molar-refractivity contribution is 0.377. The maximum absolute atomic E-state index is 14.1. The van der Waals surface area contributed by atoms with Crippen LogP contribution in [0.2, 0.25) is 0 Å². The van der Waals surface area contributed by atoms with Crippen LogP contribution in [-0.2, 0) is 24.9 Å². The molecule has 0 aliphatic heterocycles. The predicted octanol–water partition coefficient (Wildman–Crippen LogP) is 15.3. The maximum Gasteiger partial charge on any atom is 0.123 e. The summed E-state index contributed by atoms with van der Waals surface area (Å²) >= 11 is 0. The fourth-order valence-electron chi connectivity index (χ4n) is 9.58. The van der Waals surface area contributed by atoms with Gasteiger partial charge in [-0.3, -0.25) is 0 Å². The zero-order valence-electron chi connectivity index (χ0n) is 37.9. The van der Waals surface area contributed by atoms with Crippen LogP contribution in [0.1, 0.15) is 98.3 Å². The van der Waals surface area contributed by atoms with Crippen molar-refractivity contribution >= 4 is 66.4 Å². The highest BCUT2D eigenvalue weighted by atomic mass is 19.1. The highest BCUT2D eigenvalue weighted by molar-refractivity contribution is 6.10. The maximum atomic E-state index is 14.1. The molecular weight excluding hydrogens is 736 g/mol. The van der Waals surface area contributed by atoms with Gasteiger partial charge in [-0.25, -0.2) is 4.39 Å². The van der Waals surface area contributed by atoms with Crippen molar-refractivity contribution in [3.05, 3.63) is 144 Å². The van der Waals surface area contributed by atoms with E-state index in [4.69, 9.17) is 0 Å². The van der Waals surface area contributed by atoms with Crippen LogP contribution < -0.4 is 9.80 Å². The van der Waals surface area contributed by atoms with Gasteiger partial charge in [-0.05, 0) is 136 Å². The third-order valence-corrected chi connectivity index (χ3v) is 14.8. The molecule has 0 amide bonds. The summed E-state index contributed by atoms with van der Waals surface area (Å²) in [6.07, 6.45) is 2.99. The van der Waals surface area contributed by atoms with E-state index in [0.29, 0.717) is 0 Å². The summed E-state index contributed by atoms with van der Waals surface area (Å²) in [5, 5.41) is 5.07. The van der Waals surface area contributed by atoms with Crippen LogP contribution >= 0.6 is 0 Å². The van der Waals surface area contributed by atoms with Gasteiger partial charge in [0.2, 0.25) is 0 Å². The standard InChI is InChI=1S/C55H63FN4/c1-13-53(6,7)38-18-28-45-47-30-26-43(34-51(47)57(11)49(45)32-38)59(41-22-16-36(4)17-23-41)37(5)55(10,15-3)39-19-29-46-48-31-27-44(35-52(48)58(12)50(46)33-39)60(54(8,9)14-2)42-24-20-40(56)21-25-42/h16-35,37H,13-15H2,1-12H3. The molecule has 8 aromatic rings. The van der Waals surface area contributed by atoms with Gasteiger partial charge in [0, 0.05) is 86.4 Å². The van der Waals surface area contributed by atoms with Gasteiger partial charge in [-0.1, -0.05) is 95.6 Å². The molecule has 0 fully saturated rings. The quantitative estimate of drug-likeness (QED) is 0.122. The van der Waals surface area contributed by atoms with Crippen molar-refractivity contribution in [2.24, 2.45) is 14.1 Å². The zero-order valence-corrected chi connectivity index (χ0v) is 37.9. The van der Waals surface area contributed by atoms with Gasteiger partial charge >= 0.3 is 0 Å². The monoisotopic (exact) mass is 799 g/mol. The Labute approximate surface area is 357 Å². The number of rotatable bonds is 12. The summed E-state index contributed by atoms with van der Waals surface area (Å²) in [6, 6.07) is 44.1. The van der Waals surface area contributed by atoms with Crippen LogP contribution in [0.5, 0.6) is 0 Å². The smallest absolute Gasteiger partial charge is 0.123 e. The first-order chi connectivity index (χ1) is 28.5. The molecule has 6 aromatic carbocycles. The predicted molar refractivity (Wildman–Crippen MR) is 257 cm³/mol. The first-order valence-electron chi connectivity index (χ1n) is 22.0. The number of fused-ring (bicyclic) bond motifs is 6. The topological polar surface area (TPSA) is 16.3 Å². The van der Waals surface area contributed by atoms with Crippen LogP contribution in [0, 0.1) is 12.7 Å². The lowest BCUT2D eigenvalue weighted by atomic mass is 9.73. The summed E-state index contributed by atoms with van der Waals surface area (Å²) in [6.45, 7) is 23.0. The lowest BCUT2D eigenvalue weighted by Crippen LogP contribution is -2.45. The van der Waals surface area contributed by atoms with Crippen molar-refractivity contribution in [2.45, 2.75) is 111 Å². The largest absolute Gasteiger partial charge is 0.344 e. The molecule has 0 bridgehead atoms. The zero-order chi connectivity index (χ0) is 42.9. The van der Waals surface area contributed by atoms with E-state index in [9.17, 15) is 4.39 Å². The Kier molecular flexibility index (Phi) is 10.4. The van der Waals surface area contributed by atoms with Crippen molar-refractivity contribution in [2.75, 3.05) is 9.80 Å². The van der Waals surface area contributed by atoms with Gasteiger partial charge in [-0.15, -0.1) is 0 Å². The summed E-state index contributed by atoms with van der Waals surface area (Å²) < 4.78 is 18.8. The summed E-state index contributed by atoms with van der Waals surface area (Å²) in [5.74, 6) is -0.223. The molecule has 0 aliphatic carbocycles. The second kappa shape index (κ2) is 15.2. The second-order valence-electron chi connectivity index (χ2n) is 18.9. The normalized spacial score (nSPS) is 14.0. The molecule has 0 radical (unpaired) electrons. The minimum atomic E-state index is -0.223. The number of hydrogen-bond donors (Lipinski definition) is 0. The minimum absolute atomic E-state index is 0.105. The average Bonchev–Trinajstić information content (AvgIpc) is 3.70. The van der Waals surface area contributed by atoms with E-state index in [1.165, 1.54) is 71.7 Å². The Morgan fingerprint density at radius 3 is 1.50 bits per heavy atom. The number of halogens is 1. The van der Waals surface area contributed by atoms with Crippen LogP contribution in [0.3, 0.4) is 0 Å². The molecule has 0 N–H and O–H groups in total. The third-order valence-electron chi connectivity index (χ3n) is 14.8. The van der Waals surface area contributed by atoms with E-state index in [2.05, 4.69) is 199 Å². The van der Waals surface area contributed by atoms with Crippen molar-refractivity contribution in [1.29, 1.82) is 0 Å².